The first-order valence-electron chi connectivity index (χ1n) is 9.62. The minimum atomic E-state index is -1.08. The number of hydrogen-bond acceptors (Lipinski definition) is 3. The molecule has 0 heterocycles. The molecule has 0 aliphatic heterocycles. The molecule has 2 aromatic rings. The van der Waals surface area contributed by atoms with Gasteiger partial charge in [0.2, 0.25) is 0 Å². The van der Waals surface area contributed by atoms with Crippen molar-refractivity contribution in [2.45, 2.75) is 51.7 Å². The van der Waals surface area contributed by atoms with Gasteiger partial charge in [-0.25, -0.2) is 9.59 Å². The monoisotopic (exact) mass is 417 g/mol. The molecule has 0 aliphatic rings. The van der Waals surface area contributed by atoms with E-state index in [1.165, 1.54) is 0 Å². The summed E-state index contributed by atoms with van der Waals surface area (Å²) in [5.74, 6) is -0.967. The van der Waals surface area contributed by atoms with Gasteiger partial charge in [-0.3, -0.25) is 0 Å². The molecule has 2 N–H and O–H groups in total. The van der Waals surface area contributed by atoms with Gasteiger partial charge in [0.25, 0.3) is 0 Å². The van der Waals surface area contributed by atoms with Crippen LogP contribution in [-0.4, -0.2) is 23.2 Å². The van der Waals surface area contributed by atoms with Crippen molar-refractivity contribution < 1.29 is 19.4 Å². The van der Waals surface area contributed by atoms with Gasteiger partial charge in [-0.15, -0.1) is 0 Å². The van der Waals surface area contributed by atoms with E-state index in [-0.39, 0.29) is 5.92 Å². The Bertz CT molecular complexity index is 836. The molecule has 2 atom stereocenters. The minimum Gasteiger partial charge on any atom is -0.480 e. The summed E-state index contributed by atoms with van der Waals surface area (Å²) in [6.45, 7) is 7.73. The molecule has 0 aliphatic carbocycles. The number of aliphatic carboxylic acids is 1. The highest BCUT2D eigenvalue weighted by Gasteiger charge is 2.36. The second-order valence-corrected chi connectivity index (χ2v) is 8.53. The molecule has 2 rings (SSSR count). The van der Waals surface area contributed by atoms with Crippen molar-refractivity contribution in [2.24, 2.45) is 5.92 Å². The Kier molecular flexibility index (Phi) is 7.68. The van der Waals surface area contributed by atoms with Gasteiger partial charge in [-0.1, -0.05) is 81.8 Å². The second kappa shape index (κ2) is 9.79. The van der Waals surface area contributed by atoms with Crippen molar-refractivity contribution in [3.8, 4) is 0 Å². The number of hydrogen-bond donors (Lipinski definition) is 2. The van der Waals surface area contributed by atoms with Crippen LogP contribution in [0.1, 0.15) is 51.3 Å². The van der Waals surface area contributed by atoms with E-state index in [4.69, 9.17) is 16.3 Å². The number of nitrogens with one attached hydrogen (secondary N) is 1. The fourth-order valence-corrected chi connectivity index (χ4v) is 3.47. The normalized spacial score (nSPS) is 13.6. The van der Waals surface area contributed by atoms with Crippen molar-refractivity contribution in [1.29, 1.82) is 0 Å². The minimum absolute atomic E-state index is 0.115. The zero-order valence-electron chi connectivity index (χ0n) is 17.2. The van der Waals surface area contributed by atoms with Crippen LogP contribution in [0.5, 0.6) is 0 Å². The predicted octanol–water partition coefficient (Wildman–Crippen LogP) is 5.58. The maximum Gasteiger partial charge on any atom is 0.408 e. The van der Waals surface area contributed by atoms with Gasteiger partial charge in [0.05, 0.1) is 0 Å². The first-order chi connectivity index (χ1) is 13.6. The molecular weight excluding hydrogens is 390 g/mol. The van der Waals surface area contributed by atoms with Crippen LogP contribution < -0.4 is 5.32 Å². The van der Waals surface area contributed by atoms with Gasteiger partial charge in [-0.05, 0) is 35.6 Å². The van der Waals surface area contributed by atoms with E-state index in [0.29, 0.717) is 11.4 Å². The van der Waals surface area contributed by atoms with E-state index in [1.54, 1.807) is 6.07 Å². The van der Waals surface area contributed by atoms with E-state index in [2.05, 4.69) is 5.32 Å². The van der Waals surface area contributed by atoms with Crippen molar-refractivity contribution in [2.75, 3.05) is 0 Å². The van der Waals surface area contributed by atoms with Crippen LogP contribution in [-0.2, 0) is 14.9 Å². The summed E-state index contributed by atoms with van der Waals surface area (Å²) in [4.78, 5) is 24.1. The molecule has 0 radical (unpaired) electrons. The van der Waals surface area contributed by atoms with Gasteiger partial charge in [-0.2, -0.15) is 0 Å². The van der Waals surface area contributed by atoms with Crippen LogP contribution in [0.2, 0.25) is 5.02 Å². The molecule has 0 saturated heterocycles. The van der Waals surface area contributed by atoms with Gasteiger partial charge >= 0.3 is 12.1 Å². The van der Waals surface area contributed by atoms with E-state index in [0.717, 1.165) is 11.1 Å². The van der Waals surface area contributed by atoms with E-state index in [9.17, 15) is 14.7 Å². The molecule has 2 unspecified atom stereocenters. The first-order valence-corrected chi connectivity index (χ1v) is 10.00. The molecule has 0 fully saturated rings. The third-order valence-electron chi connectivity index (χ3n) is 4.85. The molecule has 29 heavy (non-hydrogen) atoms. The summed E-state index contributed by atoms with van der Waals surface area (Å²) in [5.41, 5.74) is 1.10. The van der Waals surface area contributed by atoms with Crippen LogP contribution in [0.4, 0.5) is 4.79 Å². The van der Waals surface area contributed by atoms with E-state index >= 15 is 0 Å². The summed E-state index contributed by atoms with van der Waals surface area (Å²) in [5, 5.41) is 12.5. The maximum absolute atomic E-state index is 12.6. The third-order valence-corrected chi connectivity index (χ3v) is 5.08. The second-order valence-electron chi connectivity index (χ2n) is 8.09. The summed E-state index contributed by atoms with van der Waals surface area (Å²) in [6.07, 6.45) is -1.09. The van der Waals surface area contributed by atoms with E-state index < -0.39 is 29.6 Å². The lowest BCUT2D eigenvalue weighted by Crippen LogP contribution is -2.43. The van der Waals surface area contributed by atoms with Crippen molar-refractivity contribution in [1.82, 2.24) is 5.32 Å². The van der Waals surface area contributed by atoms with Gasteiger partial charge in [0.1, 0.15) is 12.1 Å². The summed E-state index contributed by atoms with van der Waals surface area (Å²) < 4.78 is 5.80. The Morgan fingerprint density at radius 1 is 1.10 bits per heavy atom. The van der Waals surface area contributed by atoms with Crippen LogP contribution in [0.3, 0.4) is 0 Å². The number of carbonyl (C=O) groups is 2. The fraction of sp³-hybridized carbons (Fsp3) is 0.391. The zero-order valence-corrected chi connectivity index (χ0v) is 17.9. The highest BCUT2D eigenvalue weighted by atomic mass is 35.5. The molecule has 5 nitrogen and oxygen atoms in total. The fourth-order valence-electron chi connectivity index (χ4n) is 3.28. The SMILES string of the molecule is CC(C)CC(NC(=O)OC(c1ccccc1)C(C)(C)c1cccc(Cl)c1)C(=O)O. The van der Waals surface area contributed by atoms with Crippen LogP contribution in [0, 0.1) is 5.92 Å². The quantitative estimate of drug-likeness (QED) is 0.587. The lowest BCUT2D eigenvalue weighted by atomic mass is 9.76. The first kappa shape index (κ1) is 22.8. The van der Waals surface area contributed by atoms with Crippen molar-refractivity contribution in [3.63, 3.8) is 0 Å². The molecule has 156 valence electrons. The smallest absolute Gasteiger partial charge is 0.408 e. The molecule has 0 aromatic heterocycles. The largest absolute Gasteiger partial charge is 0.480 e. The Morgan fingerprint density at radius 3 is 2.31 bits per heavy atom. The van der Waals surface area contributed by atoms with Crippen LogP contribution >= 0.6 is 11.6 Å². The maximum atomic E-state index is 12.6. The average Bonchev–Trinajstić information content (AvgIpc) is 2.65. The molecule has 6 heteroatoms. The topological polar surface area (TPSA) is 75.6 Å². The third kappa shape index (κ3) is 6.23. The molecule has 0 saturated carbocycles. The zero-order chi connectivity index (χ0) is 21.6. The Labute approximate surface area is 177 Å². The van der Waals surface area contributed by atoms with Crippen LogP contribution in [0.25, 0.3) is 0 Å². The summed E-state index contributed by atoms with van der Waals surface area (Å²) in [7, 11) is 0. The average molecular weight is 418 g/mol. The number of carboxylic acids is 1. The Hall–Kier alpha value is -2.53. The number of amides is 1. The Balaban J connectivity index is 2.32. The molecule has 2 aromatic carbocycles. The number of ether oxygens (including phenoxy) is 1. The van der Waals surface area contributed by atoms with Gasteiger partial charge in [0, 0.05) is 10.4 Å². The summed E-state index contributed by atoms with van der Waals surface area (Å²) in [6, 6.07) is 15.8. The molecular formula is C23H28ClNO4. The molecule has 1 amide bonds. The lowest BCUT2D eigenvalue weighted by molar-refractivity contribution is -0.139. The van der Waals surface area contributed by atoms with Gasteiger partial charge in [0.15, 0.2) is 0 Å². The number of halogens is 1. The molecule has 0 spiro atoms. The Morgan fingerprint density at radius 2 is 1.76 bits per heavy atom. The lowest BCUT2D eigenvalue weighted by Gasteiger charge is -2.35. The number of alkyl carbamates (subject to hydrolysis) is 1. The number of benzene rings is 2. The van der Waals surface area contributed by atoms with Gasteiger partial charge < -0.3 is 15.2 Å². The van der Waals surface area contributed by atoms with Crippen molar-refractivity contribution in [3.05, 3.63) is 70.7 Å². The van der Waals surface area contributed by atoms with E-state index in [1.807, 2.05) is 76.2 Å². The highest BCUT2D eigenvalue weighted by molar-refractivity contribution is 6.30. The number of rotatable bonds is 8. The standard InChI is InChI=1S/C23H28ClNO4/c1-15(2)13-19(21(26)27)25-22(28)29-20(16-9-6-5-7-10-16)23(3,4)17-11-8-12-18(24)14-17/h5-12,14-15,19-20H,13H2,1-4H3,(H,25,28)(H,26,27). The molecule has 0 bridgehead atoms. The highest BCUT2D eigenvalue weighted by Crippen LogP contribution is 2.40. The van der Waals surface area contributed by atoms with Crippen molar-refractivity contribution >= 4 is 23.7 Å². The predicted molar refractivity (Wildman–Crippen MR) is 114 cm³/mol. The summed E-state index contributed by atoms with van der Waals surface area (Å²) >= 11 is 6.17. The number of carbonyl (C=O) groups excluding carboxylic acids is 1. The number of carboxylic acid groups (broad SMARTS) is 1. The van der Waals surface area contributed by atoms with Crippen LogP contribution in [0.15, 0.2) is 54.6 Å².